The van der Waals surface area contributed by atoms with Crippen molar-refractivity contribution in [3.63, 3.8) is 0 Å². The standard InChI is InChI=1S/C14H21ClN2OS/c1-2-9-17(11-5-7-16-8-6-11)10-12(18)13-3-4-14(15)19-13/h3-4,11,16H,2,5-10H2,1H3. The molecule has 0 aromatic carbocycles. The second-order valence-electron chi connectivity index (χ2n) is 4.98. The number of hydrogen-bond acceptors (Lipinski definition) is 4. The maximum absolute atomic E-state index is 12.3. The van der Waals surface area contributed by atoms with Crippen LogP contribution in [0.15, 0.2) is 12.1 Å². The monoisotopic (exact) mass is 300 g/mol. The van der Waals surface area contributed by atoms with Gasteiger partial charge in [0, 0.05) is 6.04 Å². The lowest BCUT2D eigenvalue weighted by Gasteiger charge is -2.33. The fraction of sp³-hybridized carbons (Fsp3) is 0.643. The molecule has 3 nitrogen and oxygen atoms in total. The Hall–Kier alpha value is -0.420. The first-order valence-corrected chi connectivity index (χ1v) is 8.13. The van der Waals surface area contributed by atoms with Crippen molar-refractivity contribution in [2.75, 3.05) is 26.2 Å². The minimum Gasteiger partial charge on any atom is -0.317 e. The van der Waals surface area contributed by atoms with Gasteiger partial charge in [-0.25, -0.2) is 0 Å². The van der Waals surface area contributed by atoms with Gasteiger partial charge in [0.05, 0.1) is 15.8 Å². The molecule has 1 fully saturated rings. The summed E-state index contributed by atoms with van der Waals surface area (Å²) in [6.07, 6.45) is 3.36. The van der Waals surface area contributed by atoms with Gasteiger partial charge in [0.15, 0.2) is 5.78 Å². The largest absolute Gasteiger partial charge is 0.317 e. The second kappa shape index (κ2) is 7.39. The molecule has 2 rings (SSSR count). The molecule has 19 heavy (non-hydrogen) atoms. The summed E-state index contributed by atoms with van der Waals surface area (Å²) in [6.45, 7) is 5.80. The first kappa shape index (κ1) is 15.0. The van der Waals surface area contributed by atoms with Crippen LogP contribution < -0.4 is 5.32 Å². The van der Waals surface area contributed by atoms with Gasteiger partial charge < -0.3 is 5.32 Å². The van der Waals surface area contributed by atoms with Gasteiger partial charge in [0.1, 0.15) is 0 Å². The number of piperidine rings is 1. The highest BCUT2D eigenvalue weighted by Gasteiger charge is 2.23. The van der Waals surface area contributed by atoms with Crippen LogP contribution in [0.25, 0.3) is 0 Å². The van der Waals surface area contributed by atoms with E-state index in [2.05, 4.69) is 17.1 Å². The number of carbonyl (C=O) groups excluding carboxylic acids is 1. The molecule has 0 unspecified atom stereocenters. The van der Waals surface area contributed by atoms with Crippen molar-refractivity contribution in [1.29, 1.82) is 0 Å². The molecule has 5 heteroatoms. The maximum atomic E-state index is 12.3. The molecule has 1 N–H and O–H groups in total. The molecule has 0 saturated carbocycles. The normalized spacial score (nSPS) is 17.0. The van der Waals surface area contributed by atoms with E-state index in [0.717, 1.165) is 43.8 Å². The van der Waals surface area contributed by atoms with Crippen molar-refractivity contribution < 1.29 is 4.79 Å². The molecule has 106 valence electrons. The summed E-state index contributed by atoms with van der Waals surface area (Å²) in [5, 5.41) is 3.37. The molecular formula is C14H21ClN2OS. The zero-order valence-corrected chi connectivity index (χ0v) is 12.9. The smallest absolute Gasteiger partial charge is 0.186 e. The van der Waals surface area contributed by atoms with Gasteiger partial charge in [-0.05, 0) is 51.0 Å². The first-order chi connectivity index (χ1) is 9.20. The highest BCUT2D eigenvalue weighted by molar-refractivity contribution is 7.18. The van der Waals surface area contributed by atoms with Crippen LogP contribution in [-0.4, -0.2) is 42.9 Å². The number of ketones is 1. The molecule has 1 saturated heterocycles. The molecule has 0 bridgehead atoms. The lowest BCUT2D eigenvalue weighted by Crippen LogP contribution is -2.45. The Labute approximate surface area is 123 Å². The van der Waals surface area contributed by atoms with E-state index in [1.54, 1.807) is 6.07 Å². The predicted octanol–water partition coefficient (Wildman–Crippen LogP) is 3.05. The van der Waals surface area contributed by atoms with Gasteiger partial charge >= 0.3 is 0 Å². The maximum Gasteiger partial charge on any atom is 0.186 e. The number of hydrogen-bond donors (Lipinski definition) is 1. The van der Waals surface area contributed by atoms with Gasteiger partial charge in [0.2, 0.25) is 0 Å². The predicted molar refractivity (Wildman–Crippen MR) is 81.4 cm³/mol. The lowest BCUT2D eigenvalue weighted by atomic mass is 10.0. The molecule has 1 aromatic rings. The fourth-order valence-corrected chi connectivity index (χ4v) is 3.55. The summed E-state index contributed by atoms with van der Waals surface area (Å²) >= 11 is 7.27. The number of thiophene rings is 1. The fourth-order valence-electron chi connectivity index (χ4n) is 2.58. The van der Waals surface area contributed by atoms with Gasteiger partial charge in [0.25, 0.3) is 0 Å². The molecule has 0 amide bonds. The van der Waals surface area contributed by atoms with Crippen LogP contribution in [0, 0.1) is 0 Å². The zero-order valence-electron chi connectivity index (χ0n) is 11.3. The van der Waals surface area contributed by atoms with E-state index in [0.29, 0.717) is 16.9 Å². The lowest BCUT2D eigenvalue weighted by molar-refractivity contribution is 0.0869. The van der Waals surface area contributed by atoms with Crippen LogP contribution >= 0.6 is 22.9 Å². The molecule has 0 atom stereocenters. The number of rotatable bonds is 6. The summed E-state index contributed by atoms with van der Waals surface area (Å²) < 4.78 is 0.687. The molecule has 1 aliphatic heterocycles. The number of Topliss-reactive ketones (excluding diaryl/α,β-unsaturated/α-hetero) is 1. The van der Waals surface area contributed by atoms with Crippen molar-refractivity contribution in [3.8, 4) is 0 Å². The van der Waals surface area contributed by atoms with Crippen LogP contribution in [0.1, 0.15) is 35.9 Å². The van der Waals surface area contributed by atoms with E-state index in [4.69, 9.17) is 11.6 Å². The van der Waals surface area contributed by atoms with Crippen molar-refractivity contribution >= 4 is 28.7 Å². The highest BCUT2D eigenvalue weighted by Crippen LogP contribution is 2.22. The summed E-state index contributed by atoms with van der Waals surface area (Å²) in [5.41, 5.74) is 0. The van der Waals surface area contributed by atoms with E-state index in [9.17, 15) is 4.79 Å². The molecule has 2 heterocycles. The topological polar surface area (TPSA) is 32.3 Å². The van der Waals surface area contributed by atoms with Gasteiger partial charge in [-0.3, -0.25) is 9.69 Å². The van der Waals surface area contributed by atoms with Gasteiger partial charge in [-0.2, -0.15) is 0 Å². The quantitative estimate of drug-likeness (QED) is 0.820. The van der Waals surface area contributed by atoms with E-state index in [-0.39, 0.29) is 5.78 Å². The average Bonchev–Trinajstić information content (AvgIpc) is 2.86. The summed E-state index contributed by atoms with van der Waals surface area (Å²) in [4.78, 5) is 15.4. The third kappa shape index (κ3) is 4.28. The third-order valence-corrected chi connectivity index (χ3v) is 4.80. The second-order valence-corrected chi connectivity index (χ2v) is 6.69. The summed E-state index contributed by atoms with van der Waals surface area (Å²) in [7, 11) is 0. The Kier molecular flexibility index (Phi) is 5.82. The molecule has 0 aliphatic carbocycles. The summed E-state index contributed by atoms with van der Waals surface area (Å²) in [6, 6.07) is 4.18. The van der Waals surface area contributed by atoms with Gasteiger partial charge in [-0.15, -0.1) is 11.3 Å². The molecule has 1 aliphatic rings. The van der Waals surface area contributed by atoms with E-state index >= 15 is 0 Å². The first-order valence-electron chi connectivity index (χ1n) is 6.94. The van der Waals surface area contributed by atoms with Crippen molar-refractivity contribution in [2.24, 2.45) is 0 Å². The highest BCUT2D eigenvalue weighted by atomic mass is 35.5. The minimum absolute atomic E-state index is 0.198. The van der Waals surface area contributed by atoms with E-state index in [1.807, 2.05) is 6.07 Å². The van der Waals surface area contributed by atoms with Crippen molar-refractivity contribution in [3.05, 3.63) is 21.3 Å². The van der Waals surface area contributed by atoms with Crippen LogP contribution in [-0.2, 0) is 0 Å². The van der Waals surface area contributed by atoms with Gasteiger partial charge in [-0.1, -0.05) is 18.5 Å². The Morgan fingerprint density at radius 2 is 2.21 bits per heavy atom. The average molecular weight is 301 g/mol. The number of halogens is 1. The Morgan fingerprint density at radius 1 is 1.47 bits per heavy atom. The van der Waals surface area contributed by atoms with Crippen molar-refractivity contribution in [1.82, 2.24) is 10.2 Å². The van der Waals surface area contributed by atoms with E-state index < -0.39 is 0 Å². The SMILES string of the molecule is CCCN(CC(=O)c1ccc(Cl)s1)C1CCNCC1. The Bertz CT molecular complexity index is 415. The van der Waals surface area contributed by atoms with Crippen molar-refractivity contribution in [2.45, 2.75) is 32.2 Å². The Balaban J connectivity index is 1.97. The molecule has 0 spiro atoms. The van der Waals surface area contributed by atoms with Crippen LogP contribution in [0.4, 0.5) is 0 Å². The molecule has 1 aromatic heterocycles. The van der Waals surface area contributed by atoms with Crippen LogP contribution in [0.5, 0.6) is 0 Å². The Morgan fingerprint density at radius 3 is 2.79 bits per heavy atom. The van der Waals surface area contributed by atoms with Crippen LogP contribution in [0.2, 0.25) is 4.34 Å². The molecule has 0 radical (unpaired) electrons. The third-order valence-electron chi connectivity index (χ3n) is 3.53. The number of nitrogens with one attached hydrogen (secondary N) is 1. The van der Waals surface area contributed by atoms with Crippen LogP contribution in [0.3, 0.4) is 0 Å². The minimum atomic E-state index is 0.198. The zero-order chi connectivity index (χ0) is 13.7. The molecular weight excluding hydrogens is 280 g/mol. The number of nitrogens with zero attached hydrogens (tertiary/aromatic N) is 1. The van der Waals surface area contributed by atoms with E-state index in [1.165, 1.54) is 11.3 Å². The number of carbonyl (C=O) groups is 1. The summed E-state index contributed by atoms with van der Waals surface area (Å²) in [5.74, 6) is 0.198.